The van der Waals surface area contributed by atoms with Crippen LogP contribution in [0.25, 0.3) is 0 Å². The van der Waals surface area contributed by atoms with Crippen molar-refractivity contribution in [3.8, 4) is 0 Å². The first-order chi connectivity index (χ1) is 6.63. The molecule has 1 aromatic rings. The van der Waals surface area contributed by atoms with Crippen molar-refractivity contribution in [2.24, 2.45) is 5.73 Å². The monoisotopic (exact) mass is 216 g/mol. The summed E-state index contributed by atoms with van der Waals surface area (Å²) in [4.78, 5) is 0.637. The van der Waals surface area contributed by atoms with Crippen molar-refractivity contribution in [3.63, 3.8) is 0 Å². The van der Waals surface area contributed by atoms with Gasteiger partial charge in [-0.05, 0) is 18.2 Å². The Morgan fingerprint density at radius 1 is 1.50 bits per heavy atom. The highest BCUT2D eigenvalue weighted by molar-refractivity contribution is 7.99. The van der Waals surface area contributed by atoms with Crippen LogP contribution in [0.15, 0.2) is 23.1 Å². The summed E-state index contributed by atoms with van der Waals surface area (Å²) in [5, 5.41) is 9.20. The second kappa shape index (κ2) is 5.19. The molecule has 0 aliphatic heterocycles. The molecule has 1 atom stereocenters. The second-order valence-electron chi connectivity index (χ2n) is 2.88. The predicted octanol–water partition coefficient (Wildman–Crippen LogP) is 0.820. The largest absolute Gasteiger partial charge is 0.398 e. The molecular weight excluding hydrogens is 203 g/mol. The first kappa shape index (κ1) is 11.3. The summed E-state index contributed by atoms with van der Waals surface area (Å²) in [6.07, 6.45) is -0.581. The maximum Gasteiger partial charge on any atom is 0.124 e. The lowest BCUT2D eigenvalue weighted by Gasteiger charge is -2.08. The molecule has 0 heterocycles. The molecule has 0 bridgehead atoms. The number of rotatable bonds is 4. The molecule has 1 unspecified atom stereocenters. The average molecular weight is 216 g/mol. The van der Waals surface area contributed by atoms with Gasteiger partial charge >= 0.3 is 0 Å². The van der Waals surface area contributed by atoms with Crippen molar-refractivity contribution in [2.45, 2.75) is 11.0 Å². The molecule has 1 aromatic carbocycles. The van der Waals surface area contributed by atoms with Gasteiger partial charge in [-0.1, -0.05) is 0 Å². The third kappa shape index (κ3) is 3.17. The van der Waals surface area contributed by atoms with Crippen molar-refractivity contribution in [2.75, 3.05) is 18.0 Å². The Hall–Kier alpha value is -0.780. The zero-order chi connectivity index (χ0) is 10.6. The van der Waals surface area contributed by atoms with E-state index in [9.17, 15) is 9.50 Å². The number of halogens is 1. The molecule has 0 spiro atoms. The summed E-state index contributed by atoms with van der Waals surface area (Å²) in [6, 6.07) is 4.16. The minimum Gasteiger partial charge on any atom is -0.398 e. The Kier molecular flexibility index (Phi) is 4.19. The number of aliphatic hydroxyl groups is 1. The highest BCUT2D eigenvalue weighted by Gasteiger charge is 2.05. The summed E-state index contributed by atoms with van der Waals surface area (Å²) < 4.78 is 12.8. The highest BCUT2D eigenvalue weighted by Crippen LogP contribution is 2.25. The van der Waals surface area contributed by atoms with Gasteiger partial charge in [0.1, 0.15) is 5.82 Å². The Morgan fingerprint density at radius 2 is 2.21 bits per heavy atom. The van der Waals surface area contributed by atoms with E-state index in [-0.39, 0.29) is 12.4 Å². The van der Waals surface area contributed by atoms with Crippen molar-refractivity contribution >= 4 is 17.4 Å². The van der Waals surface area contributed by atoms with Crippen LogP contribution in [0.1, 0.15) is 0 Å². The zero-order valence-electron chi connectivity index (χ0n) is 7.61. The maximum absolute atomic E-state index is 12.8. The first-order valence-electron chi connectivity index (χ1n) is 4.19. The molecule has 3 nitrogen and oxygen atoms in total. The fourth-order valence-electron chi connectivity index (χ4n) is 0.887. The SMILES string of the molecule is NCC(O)CSc1cc(F)ccc1N. The Bertz CT molecular complexity index is 309. The number of anilines is 1. The smallest absolute Gasteiger partial charge is 0.124 e. The van der Waals surface area contributed by atoms with Gasteiger partial charge in [0.15, 0.2) is 0 Å². The Morgan fingerprint density at radius 3 is 2.86 bits per heavy atom. The number of benzene rings is 1. The van der Waals surface area contributed by atoms with E-state index >= 15 is 0 Å². The van der Waals surface area contributed by atoms with Gasteiger partial charge in [0.2, 0.25) is 0 Å². The van der Waals surface area contributed by atoms with Gasteiger partial charge in [-0.25, -0.2) is 4.39 Å². The minimum atomic E-state index is -0.581. The van der Waals surface area contributed by atoms with Crippen molar-refractivity contribution in [1.82, 2.24) is 0 Å². The van der Waals surface area contributed by atoms with E-state index in [1.54, 1.807) is 0 Å². The van der Waals surface area contributed by atoms with Gasteiger partial charge in [0.05, 0.1) is 6.10 Å². The van der Waals surface area contributed by atoms with E-state index in [2.05, 4.69) is 0 Å². The lowest BCUT2D eigenvalue weighted by molar-refractivity contribution is 0.208. The quantitative estimate of drug-likeness (QED) is 0.514. The molecule has 0 amide bonds. The van der Waals surface area contributed by atoms with Crippen LogP contribution in [0.3, 0.4) is 0 Å². The van der Waals surface area contributed by atoms with E-state index in [0.717, 1.165) is 0 Å². The molecule has 5 heteroatoms. The van der Waals surface area contributed by atoms with E-state index in [1.165, 1.54) is 30.0 Å². The summed E-state index contributed by atoms with van der Waals surface area (Å²) in [6.45, 7) is 0.197. The molecule has 0 aliphatic carbocycles. The topological polar surface area (TPSA) is 72.3 Å². The molecule has 0 fully saturated rings. The summed E-state index contributed by atoms with van der Waals surface area (Å²) in [5.74, 6) is 0.0911. The summed E-state index contributed by atoms with van der Waals surface area (Å²) in [7, 11) is 0. The van der Waals surface area contributed by atoms with Crippen LogP contribution in [-0.4, -0.2) is 23.5 Å². The molecule has 0 aromatic heterocycles. The number of nitrogen functional groups attached to an aromatic ring is 1. The Balaban J connectivity index is 2.62. The van der Waals surface area contributed by atoms with Gasteiger partial charge < -0.3 is 16.6 Å². The van der Waals surface area contributed by atoms with Gasteiger partial charge in [-0.15, -0.1) is 11.8 Å². The summed E-state index contributed by atoms with van der Waals surface area (Å²) >= 11 is 1.30. The van der Waals surface area contributed by atoms with E-state index in [1.807, 2.05) is 0 Å². The van der Waals surface area contributed by atoms with Crippen LogP contribution in [-0.2, 0) is 0 Å². The van der Waals surface area contributed by atoms with Gasteiger partial charge in [-0.2, -0.15) is 0 Å². The van der Waals surface area contributed by atoms with Crippen molar-refractivity contribution in [1.29, 1.82) is 0 Å². The molecule has 78 valence electrons. The minimum absolute atomic E-state index is 0.197. The molecular formula is C9H13FN2OS. The molecule has 0 aliphatic rings. The summed E-state index contributed by atoms with van der Waals surface area (Å²) in [5.41, 5.74) is 11.4. The average Bonchev–Trinajstić information content (AvgIpc) is 2.19. The molecule has 0 saturated carbocycles. The fraction of sp³-hybridized carbons (Fsp3) is 0.333. The number of aliphatic hydroxyl groups excluding tert-OH is 1. The predicted molar refractivity (Wildman–Crippen MR) is 56.6 cm³/mol. The lowest BCUT2D eigenvalue weighted by Crippen LogP contribution is -2.21. The maximum atomic E-state index is 12.8. The van der Waals surface area contributed by atoms with Gasteiger partial charge in [0.25, 0.3) is 0 Å². The highest BCUT2D eigenvalue weighted by atomic mass is 32.2. The Labute approximate surface area is 86.3 Å². The molecule has 1 rings (SSSR count). The van der Waals surface area contributed by atoms with Gasteiger partial charge in [-0.3, -0.25) is 0 Å². The number of thioether (sulfide) groups is 1. The number of hydrogen-bond acceptors (Lipinski definition) is 4. The number of hydrogen-bond donors (Lipinski definition) is 3. The number of nitrogens with two attached hydrogens (primary N) is 2. The zero-order valence-corrected chi connectivity index (χ0v) is 8.43. The lowest BCUT2D eigenvalue weighted by atomic mass is 10.3. The second-order valence-corrected chi connectivity index (χ2v) is 3.94. The third-order valence-corrected chi connectivity index (χ3v) is 2.89. The molecule has 5 N–H and O–H groups in total. The van der Waals surface area contributed by atoms with Crippen molar-refractivity contribution < 1.29 is 9.50 Å². The fourth-order valence-corrected chi connectivity index (χ4v) is 1.83. The van der Waals surface area contributed by atoms with Crippen LogP contribution in [0.4, 0.5) is 10.1 Å². The van der Waals surface area contributed by atoms with Crippen LogP contribution in [0.5, 0.6) is 0 Å². The van der Waals surface area contributed by atoms with Crippen LogP contribution in [0, 0.1) is 5.82 Å². The standard InChI is InChI=1S/C9H13FN2OS/c10-6-1-2-8(12)9(3-6)14-5-7(13)4-11/h1-3,7,13H,4-5,11-12H2. The molecule has 14 heavy (non-hydrogen) atoms. The normalized spacial score (nSPS) is 12.8. The van der Waals surface area contributed by atoms with E-state index < -0.39 is 6.10 Å². The van der Waals surface area contributed by atoms with E-state index in [4.69, 9.17) is 11.5 Å². The molecule has 0 radical (unpaired) electrons. The van der Waals surface area contributed by atoms with E-state index in [0.29, 0.717) is 16.3 Å². The van der Waals surface area contributed by atoms with Crippen LogP contribution < -0.4 is 11.5 Å². The third-order valence-electron chi connectivity index (χ3n) is 1.68. The van der Waals surface area contributed by atoms with Crippen LogP contribution >= 0.6 is 11.8 Å². The van der Waals surface area contributed by atoms with Crippen LogP contribution in [0.2, 0.25) is 0 Å². The first-order valence-corrected chi connectivity index (χ1v) is 5.18. The molecule has 0 saturated heterocycles. The van der Waals surface area contributed by atoms with Crippen molar-refractivity contribution in [3.05, 3.63) is 24.0 Å². The van der Waals surface area contributed by atoms with Gasteiger partial charge in [0, 0.05) is 22.9 Å².